The van der Waals surface area contributed by atoms with Crippen LogP contribution in [-0.4, -0.2) is 23.5 Å². The summed E-state index contributed by atoms with van der Waals surface area (Å²) in [4.78, 5) is 2.46. The molecule has 106 valence electrons. The fourth-order valence-electron chi connectivity index (χ4n) is 3.41. The first kappa shape index (κ1) is 14.5. The molecule has 0 aromatic heterocycles. The van der Waals surface area contributed by atoms with Gasteiger partial charge in [0.2, 0.25) is 0 Å². The second-order valence-electron chi connectivity index (χ2n) is 5.63. The van der Waals surface area contributed by atoms with Crippen LogP contribution in [0.5, 0.6) is 0 Å². The van der Waals surface area contributed by atoms with Gasteiger partial charge < -0.3 is 5.73 Å². The first-order valence-corrected chi connectivity index (χ1v) is 7.40. The van der Waals surface area contributed by atoms with Gasteiger partial charge in [0.15, 0.2) is 0 Å². The van der Waals surface area contributed by atoms with Crippen LogP contribution in [0.15, 0.2) is 24.3 Å². The fourth-order valence-corrected chi connectivity index (χ4v) is 3.41. The van der Waals surface area contributed by atoms with Crippen molar-refractivity contribution in [2.75, 3.05) is 6.54 Å². The van der Waals surface area contributed by atoms with Crippen LogP contribution < -0.4 is 5.73 Å². The summed E-state index contributed by atoms with van der Waals surface area (Å²) in [7, 11) is 0. The van der Waals surface area contributed by atoms with Crippen LogP contribution in [0.2, 0.25) is 0 Å². The highest BCUT2D eigenvalue weighted by Crippen LogP contribution is 2.32. The number of nitrogens with two attached hydrogens (primary N) is 1. The van der Waals surface area contributed by atoms with E-state index in [0.717, 1.165) is 12.1 Å². The highest BCUT2D eigenvalue weighted by Gasteiger charge is 2.30. The normalized spacial score (nSPS) is 19.8. The maximum absolute atomic E-state index is 13.5. The first-order valence-electron chi connectivity index (χ1n) is 7.40. The van der Waals surface area contributed by atoms with E-state index < -0.39 is 0 Å². The van der Waals surface area contributed by atoms with E-state index in [2.05, 4.69) is 11.8 Å². The highest BCUT2D eigenvalue weighted by atomic mass is 19.1. The summed E-state index contributed by atoms with van der Waals surface area (Å²) in [6, 6.07) is 7.62. The van der Waals surface area contributed by atoms with Gasteiger partial charge in [-0.2, -0.15) is 0 Å². The van der Waals surface area contributed by atoms with Gasteiger partial charge >= 0.3 is 0 Å². The van der Waals surface area contributed by atoms with E-state index in [4.69, 9.17) is 5.73 Å². The molecule has 19 heavy (non-hydrogen) atoms. The Hall–Kier alpha value is -0.930. The fraction of sp³-hybridized carbons (Fsp3) is 0.625. The number of benzene rings is 1. The zero-order valence-corrected chi connectivity index (χ0v) is 12.0. The van der Waals surface area contributed by atoms with Gasteiger partial charge in [-0.1, -0.05) is 31.9 Å². The van der Waals surface area contributed by atoms with Crippen molar-refractivity contribution in [1.29, 1.82) is 0 Å². The third-order valence-electron chi connectivity index (χ3n) is 4.20. The molecular formula is C16H25FN2. The third kappa shape index (κ3) is 3.34. The van der Waals surface area contributed by atoms with Crippen molar-refractivity contribution in [1.82, 2.24) is 4.90 Å². The van der Waals surface area contributed by atoms with Crippen LogP contribution in [0.3, 0.4) is 0 Å². The summed E-state index contributed by atoms with van der Waals surface area (Å²) in [6.07, 6.45) is 5.09. The van der Waals surface area contributed by atoms with E-state index in [1.807, 2.05) is 13.0 Å². The monoisotopic (exact) mass is 264 g/mol. The number of likely N-dealkylation sites (N-methyl/N-ethyl adjacent to an activating group) is 1. The van der Waals surface area contributed by atoms with Crippen molar-refractivity contribution < 1.29 is 4.39 Å². The summed E-state index contributed by atoms with van der Waals surface area (Å²) < 4.78 is 13.5. The molecule has 0 amide bonds. The predicted octanol–water partition coefficient (Wildman–Crippen LogP) is 3.48. The van der Waals surface area contributed by atoms with E-state index in [0.29, 0.717) is 6.04 Å². The SMILES string of the molecule is CCN(C1CCCC1)C(c1cccc(F)c1)C(C)N. The standard InChI is InChI=1S/C16H25FN2/c1-3-19(15-9-4-5-10-15)16(12(2)18)13-7-6-8-14(17)11-13/h6-8,11-12,15-16H,3-5,9-10,18H2,1-2H3. The molecule has 1 fully saturated rings. The molecule has 1 aromatic carbocycles. The molecule has 2 atom stereocenters. The molecular weight excluding hydrogens is 239 g/mol. The van der Waals surface area contributed by atoms with Gasteiger partial charge in [0.25, 0.3) is 0 Å². The molecule has 0 heterocycles. The van der Waals surface area contributed by atoms with Crippen LogP contribution >= 0.6 is 0 Å². The molecule has 1 aliphatic carbocycles. The summed E-state index contributed by atoms with van der Waals surface area (Å²) >= 11 is 0. The van der Waals surface area contributed by atoms with Crippen molar-refractivity contribution in [2.24, 2.45) is 5.73 Å². The Morgan fingerprint density at radius 2 is 2.05 bits per heavy atom. The Kier molecular flexibility index (Phi) is 4.94. The van der Waals surface area contributed by atoms with E-state index in [1.165, 1.54) is 31.7 Å². The second-order valence-corrected chi connectivity index (χ2v) is 5.63. The van der Waals surface area contributed by atoms with Crippen molar-refractivity contribution >= 4 is 0 Å². The summed E-state index contributed by atoms with van der Waals surface area (Å²) in [5.74, 6) is -0.175. The number of hydrogen-bond donors (Lipinski definition) is 1. The maximum atomic E-state index is 13.5. The molecule has 2 rings (SSSR count). The van der Waals surface area contributed by atoms with Gasteiger partial charge in [-0.3, -0.25) is 4.90 Å². The van der Waals surface area contributed by atoms with E-state index in [1.54, 1.807) is 12.1 Å². The van der Waals surface area contributed by atoms with E-state index >= 15 is 0 Å². The lowest BCUT2D eigenvalue weighted by Crippen LogP contribution is -2.44. The van der Waals surface area contributed by atoms with Gasteiger partial charge in [-0.15, -0.1) is 0 Å². The number of hydrogen-bond acceptors (Lipinski definition) is 2. The minimum atomic E-state index is -0.175. The van der Waals surface area contributed by atoms with Crippen molar-refractivity contribution in [2.45, 2.75) is 57.7 Å². The molecule has 2 unspecified atom stereocenters. The Balaban J connectivity index is 2.27. The number of nitrogens with zero attached hydrogens (tertiary/aromatic N) is 1. The highest BCUT2D eigenvalue weighted by molar-refractivity contribution is 5.22. The van der Waals surface area contributed by atoms with Crippen LogP contribution in [0, 0.1) is 5.82 Å². The summed E-state index contributed by atoms with van der Waals surface area (Å²) in [6.45, 7) is 5.16. The van der Waals surface area contributed by atoms with Crippen molar-refractivity contribution in [3.05, 3.63) is 35.6 Å². The molecule has 1 aromatic rings. The molecule has 0 radical (unpaired) electrons. The minimum Gasteiger partial charge on any atom is -0.326 e. The van der Waals surface area contributed by atoms with Gasteiger partial charge in [0, 0.05) is 18.1 Å². The van der Waals surface area contributed by atoms with Crippen LogP contribution in [0.25, 0.3) is 0 Å². The quantitative estimate of drug-likeness (QED) is 0.882. The smallest absolute Gasteiger partial charge is 0.123 e. The van der Waals surface area contributed by atoms with Gasteiger partial charge in [0.05, 0.1) is 0 Å². The largest absolute Gasteiger partial charge is 0.326 e. The lowest BCUT2D eigenvalue weighted by molar-refractivity contribution is 0.127. The molecule has 0 aliphatic heterocycles. The summed E-state index contributed by atoms with van der Waals surface area (Å²) in [5, 5.41) is 0. The predicted molar refractivity (Wildman–Crippen MR) is 77.4 cm³/mol. The third-order valence-corrected chi connectivity index (χ3v) is 4.20. The number of halogens is 1. The molecule has 2 nitrogen and oxygen atoms in total. The topological polar surface area (TPSA) is 29.3 Å². The Morgan fingerprint density at radius 3 is 2.58 bits per heavy atom. The molecule has 1 saturated carbocycles. The Labute approximate surface area is 115 Å². The van der Waals surface area contributed by atoms with E-state index in [-0.39, 0.29) is 17.9 Å². The zero-order valence-electron chi connectivity index (χ0n) is 12.0. The average Bonchev–Trinajstić information content (AvgIpc) is 2.88. The Bertz CT molecular complexity index is 399. The van der Waals surface area contributed by atoms with Gasteiger partial charge in [-0.25, -0.2) is 4.39 Å². The molecule has 3 heteroatoms. The molecule has 2 N–H and O–H groups in total. The van der Waals surface area contributed by atoms with Gasteiger partial charge in [-0.05, 0) is 44.0 Å². The molecule has 0 bridgehead atoms. The van der Waals surface area contributed by atoms with Gasteiger partial charge in [0.1, 0.15) is 5.82 Å². The molecule has 0 spiro atoms. The van der Waals surface area contributed by atoms with Crippen LogP contribution in [0.1, 0.15) is 51.1 Å². The lowest BCUT2D eigenvalue weighted by atomic mass is 9.97. The summed E-state index contributed by atoms with van der Waals surface area (Å²) in [5.41, 5.74) is 7.20. The zero-order chi connectivity index (χ0) is 13.8. The van der Waals surface area contributed by atoms with Crippen LogP contribution in [-0.2, 0) is 0 Å². The first-order chi connectivity index (χ1) is 9.13. The van der Waals surface area contributed by atoms with Crippen molar-refractivity contribution in [3.8, 4) is 0 Å². The Morgan fingerprint density at radius 1 is 1.37 bits per heavy atom. The van der Waals surface area contributed by atoms with Crippen LogP contribution in [0.4, 0.5) is 4.39 Å². The molecule has 0 saturated heterocycles. The number of rotatable bonds is 5. The lowest BCUT2D eigenvalue weighted by Gasteiger charge is -2.38. The average molecular weight is 264 g/mol. The van der Waals surface area contributed by atoms with E-state index in [9.17, 15) is 4.39 Å². The van der Waals surface area contributed by atoms with Crippen molar-refractivity contribution in [3.63, 3.8) is 0 Å². The maximum Gasteiger partial charge on any atom is 0.123 e. The minimum absolute atomic E-state index is 0.00218. The molecule has 1 aliphatic rings. The second kappa shape index (κ2) is 6.49.